The van der Waals surface area contributed by atoms with Crippen molar-refractivity contribution in [2.24, 2.45) is 0 Å². The second-order valence-corrected chi connectivity index (χ2v) is 9.50. The minimum absolute atomic E-state index is 0.0630. The molecule has 5 rings (SSSR count). The van der Waals surface area contributed by atoms with E-state index in [1.807, 2.05) is 0 Å². The van der Waals surface area contributed by atoms with Crippen molar-refractivity contribution in [1.29, 1.82) is 0 Å². The van der Waals surface area contributed by atoms with E-state index in [9.17, 15) is 19.1 Å². The van der Waals surface area contributed by atoms with Crippen LogP contribution in [0.1, 0.15) is 22.2 Å². The number of benzene rings is 3. The third-order valence-electron chi connectivity index (χ3n) is 6.06. The van der Waals surface area contributed by atoms with Gasteiger partial charge in [0, 0.05) is 15.5 Å². The van der Waals surface area contributed by atoms with Crippen LogP contribution in [0.15, 0.2) is 80.9 Å². The zero-order valence-electron chi connectivity index (χ0n) is 19.4. The minimum Gasteiger partial charge on any atom is -0.503 e. The van der Waals surface area contributed by atoms with Crippen molar-refractivity contribution in [2.75, 3.05) is 19.1 Å². The number of anilines is 1. The molecule has 188 valence electrons. The fourth-order valence-corrected chi connectivity index (χ4v) is 4.89. The van der Waals surface area contributed by atoms with E-state index in [1.165, 1.54) is 37.3 Å². The summed E-state index contributed by atoms with van der Waals surface area (Å²) < 4.78 is 31.2. The highest BCUT2D eigenvalue weighted by atomic mass is 79.9. The molecular weight excluding hydrogens is 569 g/mol. The number of fused-ring (bicyclic) bond motifs is 1. The van der Waals surface area contributed by atoms with Crippen LogP contribution < -0.4 is 14.4 Å². The molecule has 37 heavy (non-hydrogen) atoms. The first-order valence-corrected chi connectivity index (χ1v) is 12.1. The molecule has 1 aliphatic rings. The highest BCUT2D eigenvalue weighted by molar-refractivity contribution is 9.10. The van der Waals surface area contributed by atoms with E-state index >= 15 is 0 Å². The molecule has 0 saturated heterocycles. The molecule has 2 heterocycles. The normalized spacial score (nSPS) is 15.5. The van der Waals surface area contributed by atoms with Crippen LogP contribution in [-0.2, 0) is 4.79 Å². The van der Waals surface area contributed by atoms with Gasteiger partial charge in [-0.15, -0.1) is 0 Å². The van der Waals surface area contributed by atoms with Gasteiger partial charge >= 0.3 is 0 Å². The van der Waals surface area contributed by atoms with Crippen LogP contribution in [0.4, 0.5) is 10.1 Å². The summed E-state index contributed by atoms with van der Waals surface area (Å²) in [6.07, 6.45) is 0. The lowest BCUT2D eigenvalue weighted by molar-refractivity contribution is -0.117. The van der Waals surface area contributed by atoms with Gasteiger partial charge in [0.25, 0.3) is 5.91 Å². The fraction of sp³-hybridized carbons (Fsp3) is 0.111. The number of aliphatic hydroxyl groups is 1. The predicted molar refractivity (Wildman–Crippen MR) is 139 cm³/mol. The van der Waals surface area contributed by atoms with Gasteiger partial charge in [-0.2, -0.15) is 0 Å². The van der Waals surface area contributed by atoms with Crippen molar-refractivity contribution >= 4 is 55.9 Å². The highest BCUT2D eigenvalue weighted by Crippen LogP contribution is 2.45. The van der Waals surface area contributed by atoms with Crippen LogP contribution in [0.2, 0.25) is 5.02 Å². The number of aliphatic hydroxyl groups excluding tert-OH is 1. The number of nitrogens with zero attached hydrogens (tertiary/aromatic N) is 1. The maximum Gasteiger partial charge on any atom is 0.294 e. The first kappa shape index (κ1) is 24.9. The van der Waals surface area contributed by atoms with Crippen molar-refractivity contribution in [1.82, 2.24) is 0 Å². The average molecular weight is 587 g/mol. The van der Waals surface area contributed by atoms with E-state index < -0.39 is 29.3 Å². The molecule has 0 fully saturated rings. The molecular formula is C27H18BrClFNO6. The van der Waals surface area contributed by atoms with E-state index in [-0.39, 0.29) is 22.0 Å². The molecule has 0 saturated carbocycles. The zero-order chi connectivity index (χ0) is 26.4. The predicted octanol–water partition coefficient (Wildman–Crippen LogP) is 6.79. The Morgan fingerprint density at radius 1 is 1.05 bits per heavy atom. The van der Waals surface area contributed by atoms with Gasteiger partial charge in [0.2, 0.25) is 5.78 Å². The second-order valence-electron chi connectivity index (χ2n) is 8.17. The summed E-state index contributed by atoms with van der Waals surface area (Å²) in [7, 11) is 2.93. The smallest absolute Gasteiger partial charge is 0.294 e. The number of ether oxygens (including phenoxy) is 2. The number of hydrogen-bond donors (Lipinski definition) is 1. The molecule has 0 radical (unpaired) electrons. The molecule has 1 aromatic heterocycles. The van der Waals surface area contributed by atoms with E-state index in [0.717, 1.165) is 10.5 Å². The Kier molecular flexibility index (Phi) is 6.43. The number of furan rings is 1. The molecule has 3 aromatic carbocycles. The van der Waals surface area contributed by atoms with E-state index in [4.69, 9.17) is 25.5 Å². The van der Waals surface area contributed by atoms with Gasteiger partial charge in [0.05, 0.1) is 30.9 Å². The third-order valence-corrected chi connectivity index (χ3v) is 6.84. The molecule has 1 amide bonds. The van der Waals surface area contributed by atoms with E-state index in [2.05, 4.69) is 15.9 Å². The Morgan fingerprint density at radius 3 is 2.51 bits per heavy atom. The SMILES string of the molecule is COc1ccc(C2C(C(=O)c3cc4cc(Br)ccc4o3)=C(O)C(=O)N2c2ccc(F)c(Cl)c2)cc1OC. The molecule has 0 bridgehead atoms. The van der Waals surface area contributed by atoms with Crippen molar-refractivity contribution in [3.05, 3.63) is 98.6 Å². The average Bonchev–Trinajstić information content (AvgIpc) is 3.43. The maximum absolute atomic E-state index is 13.9. The molecule has 0 aliphatic carbocycles. The second kappa shape index (κ2) is 9.57. The Balaban J connectivity index is 1.69. The van der Waals surface area contributed by atoms with Crippen molar-refractivity contribution in [2.45, 2.75) is 6.04 Å². The van der Waals surface area contributed by atoms with Gasteiger partial charge in [-0.05, 0) is 60.2 Å². The van der Waals surface area contributed by atoms with Gasteiger partial charge in [0.1, 0.15) is 11.4 Å². The van der Waals surface area contributed by atoms with E-state index in [0.29, 0.717) is 28.0 Å². The number of halogens is 3. The van der Waals surface area contributed by atoms with Crippen LogP contribution in [0.3, 0.4) is 0 Å². The first-order valence-electron chi connectivity index (χ1n) is 10.9. The zero-order valence-corrected chi connectivity index (χ0v) is 21.8. The largest absolute Gasteiger partial charge is 0.503 e. The van der Waals surface area contributed by atoms with Gasteiger partial charge in [-0.1, -0.05) is 33.6 Å². The number of carbonyl (C=O) groups is 2. The summed E-state index contributed by atoms with van der Waals surface area (Å²) in [5.41, 5.74) is 0.855. The van der Waals surface area contributed by atoms with Crippen molar-refractivity contribution in [3.63, 3.8) is 0 Å². The summed E-state index contributed by atoms with van der Waals surface area (Å²) in [4.78, 5) is 28.3. The van der Waals surface area contributed by atoms with Crippen LogP contribution in [0.25, 0.3) is 11.0 Å². The lowest BCUT2D eigenvalue weighted by atomic mass is 9.94. The molecule has 1 atom stereocenters. The van der Waals surface area contributed by atoms with Crippen LogP contribution in [0.5, 0.6) is 11.5 Å². The van der Waals surface area contributed by atoms with Crippen LogP contribution >= 0.6 is 27.5 Å². The Hall–Kier alpha value is -3.82. The number of ketones is 1. The fourth-order valence-electron chi connectivity index (χ4n) is 4.34. The molecule has 1 aliphatic heterocycles. The number of methoxy groups -OCH3 is 2. The van der Waals surface area contributed by atoms with Crippen LogP contribution in [-0.4, -0.2) is 31.0 Å². The molecule has 0 spiro atoms. The summed E-state index contributed by atoms with van der Waals surface area (Å²) in [5.74, 6) is -2.27. The van der Waals surface area contributed by atoms with Gasteiger partial charge < -0.3 is 19.0 Å². The molecule has 7 nitrogen and oxygen atoms in total. The third kappa shape index (κ3) is 4.24. The summed E-state index contributed by atoms with van der Waals surface area (Å²) in [6.45, 7) is 0. The first-order chi connectivity index (χ1) is 17.7. The minimum atomic E-state index is -1.11. The quantitative estimate of drug-likeness (QED) is 0.250. The van der Waals surface area contributed by atoms with Gasteiger partial charge in [-0.25, -0.2) is 4.39 Å². The van der Waals surface area contributed by atoms with Crippen LogP contribution in [0, 0.1) is 5.82 Å². The molecule has 1 N–H and O–H groups in total. The molecule has 4 aromatic rings. The number of amides is 1. The van der Waals surface area contributed by atoms with E-state index in [1.54, 1.807) is 36.4 Å². The van der Waals surface area contributed by atoms with Gasteiger partial charge in [0.15, 0.2) is 23.0 Å². The molecule has 10 heteroatoms. The Bertz CT molecular complexity index is 1610. The number of Topliss-reactive ketones (excluding diaryl/α,β-unsaturated/α-hetero) is 1. The highest BCUT2D eigenvalue weighted by Gasteiger charge is 2.45. The topological polar surface area (TPSA) is 89.2 Å². The van der Waals surface area contributed by atoms with Crippen molar-refractivity contribution in [3.8, 4) is 11.5 Å². The molecule has 1 unspecified atom stereocenters. The number of hydrogen-bond acceptors (Lipinski definition) is 6. The number of rotatable bonds is 6. The maximum atomic E-state index is 13.9. The Labute approximate surface area is 223 Å². The lowest BCUT2D eigenvalue weighted by Crippen LogP contribution is -2.31. The summed E-state index contributed by atoms with van der Waals surface area (Å²) >= 11 is 9.38. The lowest BCUT2D eigenvalue weighted by Gasteiger charge is -2.27. The number of carbonyl (C=O) groups excluding carboxylic acids is 2. The Morgan fingerprint density at radius 2 is 1.81 bits per heavy atom. The summed E-state index contributed by atoms with van der Waals surface area (Å²) in [6, 6.07) is 14.2. The summed E-state index contributed by atoms with van der Waals surface area (Å²) in [5, 5.41) is 11.4. The standard InChI is InChI=1S/C27H18BrClFNO6/c1-35-20-7-3-13(10-21(20)36-2)24-23(25(32)22-11-14-9-15(28)4-8-19(14)37-22)26(33)27(34)31(24)16-5-6-18(30)17(29)12-16/h3-12,24,33H,1-2H3. The van der Waals surface area contributed by atoms with Gasteiger partial charge in [-0.3, -0.25) is 14.5 Å². The monoisotopic (exact) mass is 585 g/mol. The van der Waals surface area contributed by atoms with Crippen molar-refractivity contribution < 1.29 is 33.0 Å².